The van der Waals surface area contributed by atoms with Crippen molar-refractivity contribution in [1.29, 1.82) is 0 Å². The third kappa shape index (κ3) is 3.69. The normalized spacial score (nSPS) is 29.4. The average Bonchev–Trinajstić information content (AvgIpc) is 2.86. The van der Waals surface area contributed by atoms with Crippen molar-refractivity contribution >= 4 is 45.1 Å². The second-order valence-electron chi connectivity index (χ2n) is 10.1. The fourth-order valence-electron chi connectivity index (χ4n) is 6.05. The van der Waals surface area contributed by atoms with Crippen molar-refractivity contribution in [2.45, 2.75) is 17.7 Å². The Labute approximate surface area is 231 Å². The molecule has 7 N–H and O–H groups in total. The quantitative estimate of drug-likeness (QED) is 0.288. The summed E-state index contributed by atoms with van der Waals surface area (Å²) in [6, 6.07) is 10.1. The van der Waals surface area contributed by atoms with Gasteiger partial charge in [-0.3, -0.25) is 19.3 Å². The predicted molar refractivity (Wildman–Crippen MR) is 143 cm³/mol. The van der Waals surface area contributed by atoms with Crippen molar-refractivity contribution in [3.8, 4) is 5.75 Å². The number of likely N-dealkylation sites (N-methyl/N-ethyl adjacent to an activating group) is 1. The molecule has 1 amide bonds. The van der Waals surface area contributed by atoms with Gasteiger partial charge in [0.15, 0.2) is 11.4 Å². The number of aliphatic hydroxyl groups excluding tert-OH is 3. The van der Waals surface area contributed by atoms with Gasteiger partial charge in [-0.25, -0.2) is 0 Å². The summed E-state index contributed by atoms with van der Waals surface area (Å²) in [5.74, 6) is -8.83. The molecule has 0 aliphatic heterocycles. The molecule has 3 aliphatic rings. The fourth-order valence-corrected chi connectivity index (χ4v) is 6.32. The number of hydrogen-bond acceptors (Lipinski definition) is 9. The van der Waals surface area contributed by atoms with Crippen LogP contribution in [0.3, 0.4) is 0 Å². The van der Waals surface area contributed by atoms with E-state index in [0.717, 1.165) is 4.47 Å². The van der Waals surface area contributed by atoms with Crippen LogP contribution in [0.4, 0.5) is 0 Å². The largest absolute Gasteiger partial charge is 0.510 e. The number of nitrogens with zero attached hydrogens (tertiary/aromatic N) is 1. The number of hydrogen-bond donors (Lipinski definition) is 6. The molecule has 10 nitrogen and oxygen atoms in total. The second kappa shape index (κ2) is 9.16. The molecule has 11 heteroatoms. The van der Waals surface area contributed by atoms with Gasteiger partial charge >= 0.3 is 0 Å². The molecule has 0 bridgehead atoms. The summed E-state index contributed by atoms with van der Waals surface area (Å²) in [4.78, 5) is 40.8. The van der Waals surface area contributed by atoms with Crippen LogP contribution in [-0.4, -0.2) is 79.7 Å². The molecule has 5 rings (SSSR count). The lowest BCUT2D eigenvalue weighted by atomic mass is 9.56. The summed E-state index contributed by atoms with van der Waals surface area (Å²) in [5, 5.41) is 56.8. The van der Waals surface area contributed by atoms with E-state index < -0.39 is 75.5 Å². The Bertz CT molecular complexity index is 1540. The first kappa shape index (κ1) is 26.8. The summed E-state index contributed by atoms with van der Waals surface area (Å²) >= 11 is 3.37. The average molecular weight is 597 g/mol. The maximum atomic E-state index is 13.8. The number of carbonyl (C=O) groups excluding carboxylic acids is 3. The van der Waals surface area contributed by atoms with Crippen molar-refractivity contribution < 1.29 is 39.9 Å². The Kier molecular flexibility index (Phi) is 6.30. The summed E-state index contributed by atoms with van der Waals surface area (Å²) in [7, 11) is 2.97. The first-order valence-electron chi connectivity index (χ1n) is 11.9. The Morgan fingerprint density at radius 1 is 1.08 bits per heavy atom. The number of halogens is 1. The van der Waals surface area contributed by atoms with Gasteiger partial charge < -0.3 is 31.3 Å². The highest BCUT2D eigenvalue weighted by molar-refractivity contribution is 9.10. The molecule has 3 aliphatic carbocycles. The van der Waals surface area contributed by atoms with Crippen molar-refractivity contribution in [1.82, 2.24) is 4.90 Å². The van der Waals surface area contributed by atoms with Crippen molar-refractivity contribution in [2.75, 3.05) is 14.1 Å². The van der Waals surface area contributed by atoms with Gasteiger partial charge in [-0.2, -0.15) is 0 Å². The number of rotatable bonds is 3. The number of aromatic hydroxyl groups is 1. The number of phenolic OH excluding ortho intramolecular Hbond substituents is 1. The number of carbonyl (C=O) groups is 3. The number of fused-ring (bicyclic) bond motifs is 3. The smallest absolute Gasteiger partial charge is 0.255 e. The predicted octanol–water partition coefficient (Wildman–Crippen LogP) is 1.85. The topological polar surface area (TPSA) is 182 Å². The molecule has 2 aromatic rings. The zero-order chi connectivity index (χ0) is 28.5. The number of amides is 1. The number of nitrogens with two attached hydrogens (primary N) is 1. The minimum Gasteiger partial charge on any atom is -0.510 e. The van der Waals surface area contributed by atoms with Gasteiger partial charge in [0.2, 0.25) is 5.78 Å². The number of phenols is 1. The van der Waals surface area contributed by atoms with E-state index in [0.29, 0.717) is 11.1 Å². The molecule has 0 heterocycles. The highest BCUT2D eigenvalue weighted by atomic mass is 79.9. The molecule has 0 saturated carbocycles. The third-order valence-corrected chi connectivity index (χ3v) is 8.25. The highest BCUT2D eigenvalue weighted by Crippen LogP contribution is 2.55. The maximum absolute atomic E-state index is 13.8. The van der Waals surface area contributed by atoms with Gasteiger partial charge in [-0.1, -0.05) is 46.3 Å². The van der Waals surface area contributed by atoms with Crippen LogP contribution >= 0.6 is 15.9 Å². The van der Waals surface area contributed by atoms with Gasteiger partial charge in [-0.15, -0.1) is 0 Å². The molecule has 0 aromatic heterocycles. The van der Waals surface area contributed by atoms with E-state index in [1.807, 2.05) is 0 Å². The summed E-state index contributed by atoms with van der Waals surface area (Å²) in [6.45, 7) is 0. The van der Waals surface area contributed by atoms with Crippen LogP contribution in [0.25, 0.3) is 11.6 Å². The van der Waals surface area contributed by atoms with Crippen LogP contribution in [0.15, 0.2) is 69.6 Å². The SMILES string of the molecule is CN(C)[C@H]1C(O)=C(C(N)=O)C(=O)[C@]2(O)C(O)=C3C(=O)c4c(O)cccc4/C(=C\c4ccc(Br)cc4)[C@@H]3[C@@H](O)[C@H]12. The molecule has 39 heavy (non-hydrogen) atoms. The number of benzene rings is 2. The van der Waals surface area contributed by atoms with Gasteiger partial charge in [0, 0.05) is 10.4 Å². The Morgan fingerprint density at radius 3 is 2.31 bits per heavy atom. The van der Waals surface area contributed by atoms with E-state index >= 15 is 0 Å². The number of aliphatic hydroxyl groups is 4. The monoisotopic (exact) mass is 596 g/mol. The molecule has 0 unspecified atom stereocenters. The number of Topliss-reactive ketones (excluding diaryl/α,β-unsaturated/α-hetero) is 2. The molecule has 0 fully saturated rings. The van der Waals surface area contributed by atoms with Crippen molar-refractivity contribution in [2.24, 2.45) is 17.6 Å². The van der Waals surface area contributed by atoms with Crippen LogP contribution in [0.2, 0.25) is 0 Å². The molecular formula is C28H25BrN2O8. The van der Waals surface area contributed by atoms with Crippen molar-refractivity contribution in [3.63, 3.8) is 0 Å². The molecule has 5 atom stereocenters. The first-order chi connectivity index (χ1) is 18.3. The van der Waals surface area contributed by atoms with E-state index in [4.69, 9.17) is 5.73 Å². The first-order valence-corrected chi connectivity index (χ1v) is 12.7. The highest BCUT2D eigenvalue weighted by Gasteiger charge is 2.67. The van der Waals surface area contributed by atoms with Gasteiger partial charge in [-0.05, 0) is 49.0 Å². The van der Waals surface area contributed by atoms with E-state index in [1.165, 1.54) is 31.1 Å². The summed E-state index contributed by atoms with van der Waals surface area (Å²) < 4.78 is 0.810. The summed E-state index contributed by atoms with van der Waals surface area (Å²) in [6.07, 6.45) is -0.0577. The minimum absolute atomic E-state index is 0.186. The lowest BCUT2D eigenvalue weighted by Crippen LogP contribution is -2.68. The lowest BCUT2D eigenvalue weighted by molar-refractivity contribution is -0.159. The van der Waals surface area contributed by atoms with Crippen LogP contribution in [0, 0.1) is 11.8 Å². The van der Waals surface area contributed by atoms with E-state index in [-0.39, 0.29) is 11.1 Å². The summed E-state index contributed by atoms with van der Waals surface area (Å²) in [5.41, 5.74) is 2.02. The van der Waals surface area contributed by atoms with E-state index in [9.17, 15) is 39.9 Å². The zero-order valence-electron chi connectivity index (χ0n) is 20.8. The van der Waals surface area contributed by atoms with Gasteiger partial charge in [0.05, 0.1) is 29.2 Å². The minimum atomic E-state index is -2.98. The lowest BCUT2D eigenvalue weighted by Gasteiger charge is -2.52. The van der Waals surface area contributed by atoms with Crippen LogP contribution in [0.5, 0.6) is 5.75 Å². The van der Waals surface area contributed by atoms with E-state index in [1.54, 1.807) is 36.4 Å². The Morgan fingerprint density at radius 2 is 1.72 bits per heavy atom. The Hall–Kier alpha value is -3.77. The van der Waals surface area contributed by atoms with Crippen molar-refractivity contribution in [3.05, 3.63) is 86.3 Å². The van der Waals surface area contributed by atoms with Crippen LogP contribution in [-0.2, 0) is 9.59 Å². The van der Waals surface area contributed by atoms with Crippen LogP contribution < -0.4 is 5.73 Å². The van der Waals surface area contributed by atoms with E-state index in [2.05, 4.69) is 15.9 Å². The number of ketones is 2. The zero-order valence-corrected chi connectivity index (χ0v) is 22.4. The van der Waals surface area contributed by atoms with Gasteiger partial charge in [0.1, 0.15) is 22.8 Å². The molecule has 202 valence electrons. The molecular weight excluding hydrogens is 572 g/mol. The molecule has 0 radical (unpaired) electrons. The second-order valence-corrected chi connectivity index (χ2v) is 11.0. The number of primary amides is 1. The maximum Gasteiger partial charge on any atom is 0.255 e. The standard InChI is InChI=1S/C28H25BrN2O8/c1-31(2)21-20-23(34)17-14(10-11-6-8-12(29)9-7-11)13-4-3-5-15(32)16(13)22(33)18(17)25(36)28(20,39)26(37)19(24(21)35)27(30)38/h3-10,17,20-21,23,32,34-36,39H,1-2H3,(H2,30,38)/b14-10+/t17-,20-,21+,23+,28+/m0/s1. The Balaban J connectivity index is 1.86. The third-order valence-electron chi connectivity index (χ3n) is 7.72. The molecule has 0 saturated heterocycles. The van der Waals surface area contributed by atoms with Crippen LogP contribution in [0.1, 0.15) is 21.5 Å². The molecule has 2 aromatic carbocycles. The fraction of sp³-hybridized carbons (Fsp3) is 0.250. The molecule has 0 spiro atoms. The van der Waals surface area contributed by atoms with Gasteiger partial charge in [0.25, 0.3) is 5.91 Å².